The number of ether oxygens (including phenoxy) is 3. The number of aliphatic hydroxyl groups is 1. The Balaban J connectivity index is 1.26. The molecule has 1 aliphatic carbocycles. The van der Waals surface area contributed by atoms with Gasteiger partial charge in [0.05, 0.1) is 42.5 Å². The fourth-order valence-electron chi connectivity index (χ4n) is 9.18. The quantitative estimate of drug-likeness (QED) is 0.178. The largest absolute Gasteiger partial charge is 0.464 e. The van der Waals surface area contributed by atoms with Crippen molar-refractivity contribution in [2.24, 2.45) is 23.2 Å². The van der Waals surface area contributed by atoms with Gasteiger partial charge in [-0.25, -0.2) is 10.4 Å². The number of carbonyl (C=O) groups excluding carboxylic acids is 3. The molecule has 3 aromatic heterocycles. The maximum atomic E-state index is 14.8. The Kier molecular flexibility index (Phi) is 12.2. The molecule has 2 amide bonds. The normalized spacial score (nSPS) is 26.6. The first-order valence-corrected chi connectivity index (χ1v) is 22.3. The highest BCUT2D eigenvalue weighted by Crippen LogP contribution is 2.46. The summed E-state index contributed by atoms with van der Waals surface area (Å²) in [6.07, 6.45) is 1.91. The number of hydrogen-bond donors (Lipinski definition) is 3. The predicted molar refractivity (Wildman–Crippen MR) is 229 cm³/mol. The van der Waals surface area contributed by atoms with Gasteiger partial charge in [0.25, 0.3) is 5.91 Å². The van der Waals surface area contributed by atoms with E-state index in [1.165, 1.54) is 16.3 Å². The number of aromatic nitrogens is 3. The number of aryl methyl sites for hydroxylation is 1. The minimum absolute atomic E-state index is 0.153. The average Bonchev–Trinajstić information content (AvgIpc) is 3.51. The number of pyridine rings is 1. The monoisotopic (exact) mass is 841 g/mol. The van der Waals surface area contributed by atoms with Crippen LogP contribution >= 0.6 is 11.3 Å². The molecule has 3 aliphatic heterocycles. The number of nitrogens with one attached hydrogen (secondary N) is 2. The zero-order valence-electron chi connectivity index (χ0n) is 35.8. The van der Waals surface area contributed by atoms with E-state index < -0.39 is 35.5 Å². The van der Waals surface area contributed by atoms with Crippen LogP contribution in [0, 0.1) is 23.2 Å². The van der Waals surface area contributed by atoms with Crippen molar-refractivity contribution in [3.05, 3.63) is 58.2 Å². The lowest BCUT2D eigenvalue weighted by Gasteiger charge is -2.38. The van der Waals surface area contributed by atoms with E-state index >= 15 is 0 Å². The number of carbonyl (C=O) groups is 3. The highest BCUT2D eigenvalue weighted by atomic mass is 32.1. The topological polar surface area (TPSA) is 160 Å². The molecule has 2 saturated heterocycles. The van der Waals surface area contributed by atoms with E-state index in [4.69, 9.17) is 24.2 Å². The molecule has 8 rings (SSSR count). The van der Waals surface area contributed by atoms with Gasteiger partial charge in [-0.1, -0.05) is 33.8 Å². The summed E-state index contributed by atoms with van der Waals surface area (Å²) in [7, 11) is 1.69. The predicted octanol–water partition coefficient (Wildman–Crippen LogP) is 5.30. The maximum Gasteiger partial charge on any atom is 0.324 e. The van der Waals surface area contributed by atoms with Crippen LogP contribution in [0.4, 0.5) is 0 Å². The minimum Gasteiger partial charge on any atom is -0.464 e. The molecule has 7 atom stereocenters. The molecule has 1 saturated carbocycles. The van der Waals surface area contributed by atoms with Crippen LogP contribution in [0.2, 0.25) is 0 Å². The van der Waals surface area contributed by atoms with Crippen LogP contribution < -0.4 is 10.7 Å². The summed E-state index contributed by atoms with van der Waals surface area (Å²) in [5.41, 5.74) is 9.37. The van der Waals surface area contributed by atoms with Gasteiger partial charge in [0, 0.05) is 84.8 Å². The Morgan fingerprint density at radius 2 is 1.97 bits per heavy atom. The summed E-state index contributed by atoms with van der Waals surface area (Å²) in [5, 5.41) is 18.1. The summed E-state index contributed by atoms with van der Waals surface area (Å²) < 4.78 is 20.9. The number of thiazole rings is 1. The number of hydrogen-bond acceptors (Lipinski definition) is 12. The molecule has 322 valence electrons. The number of methoxy groups -OCH3 is 1. The van der Waals surface area contributed by atoms with E-state index in [1.54, 1.807) is 13.3 Å². The summed E-state index contributed by atoms with van der Waals surface area (Å²) in [6, 6.07) is 8.59. The molecule has 0 radical (unpaired) electrons. The van der Waals surface area contributed by atoms with E-state index in [-0.39, 0.29) is 49.1 Å². The van der Waals surface area contributed by atoms with Crippen LogP contribution in [0.1, 0.15) is 82.9 Å². The number of esters is 1. The third-order valence-electron chi connectivity index (χ3n) is 13.0. The second kappa shape index (κ2) is 17.3. The van der Waals surface area contributed by atoms with Gasteiger partial charge in [0.1, 0.15) is 23.2 Å². The fourth-order valence-corrected chi connectivity index (χ4v) is 10.1. The smallest absolute Gasteiger partial charge is 0.324 e. The van der Waals surface area contributed by atoms with Crippen molar-refractivity contribution in [1.82, 2.24) is 35.2 Å². The first-order chi connectivity index (χ1) is 28.8. The summed E-state index contributed by atoms with van der Waals surface area (Å²) >= 11 is 1.39. The summed E-state index contributed by atoms with van der Waals surface area (Å²) in [6.45, 7) is 15.6. The highest BCUT2D eigenvalue weighted by molar-refractivity contribution is 7.10. The lowest BCUT2D eigenvalue weighted by atomic mass is 9.84. The standard InChI is InChI=1S/C45H59N7O7S/c1-8-51-35-14-13-28-19-31(35)32(39(51)30-11-9-15-46-37(30)27(4)57-7)20-45(5,6)24-59-44(56)33-12-10-16-52(49-33)43(55)38(48-41(54)36-25(2)26(36)3)40(42-47-34(28)23-60-42)58-18-17-50-21-29(53)22-50/h9,11,13-15,19,23,25-27,29,33,36,38,40,49,53H,8,10,12,16-18,20-22,24H2,1-7H3,(H,48,54)/t25-,26+,27-,33-,36?,38-,40-/m0/s1. The van der Waals surface area contributed by atoms with E-state index in [0.29, 0.717) is 57.0 Å². The molecule has 4 aliphatic rings. The molecule has 4 aromatic rings. The maximum absolute atomic E-state index is 14.8. The Labute approximate surface area is 355 Å². The zero-order valence-corrected chi connectivity index (χ0v) is 36.6. The highest BCUT2D eigenvalue weighted by Gasteiger charge is 2.50. The van der Waals surface area contributed by atoms with E-state index in [9.17, 15) is 19.5 Å². The van der Waals surface area contributed by atoms with Gasteiger partial charge in [-0.05, 0) is 74.8 Å². The molecule has 0 spiro atoms. The number of aliphatic hydroxyl groups excluding tert-OH is 1. The van der Waals surface area contributed by atoms with E-state index in [0.717, 1.165) is 44.7 Å². The van der Waals surface area contributed by atoms with Crippen LogP contribution in [-0.4, -0.2) is 112 Å². The summed E-state index contributed by atoms with van der Waals surface area (Å²) in [4.78, 5) is 54.6. The van der Waals surface area contributed by atoms with Crippen molar-refractivity contribution in [3.8, 4) is 22.5 Å². The second-order valence-electron chi connectivity index (χ2n) is 17.9. The molecule has 6 bridgehead atoms. The molecule has 1 aromatic carbocycles. The molecule has 6 heterocycles. The number of fused-ring (bicyclic) bond motifs is 6. The van der Waals surface area contributed by atoms with Gasteiger partial charge >= 0.3 is 5.97 Å². The van der Waals surface area contributed by atoms with Gasteiger partial charge in [0.2, 0.25) is 5.91 Å². The third-order valence-corrected chi connectivity index (χ3v) is 13.9. The number of β-amino-alcohol motifs (C(OH)–C–C–N with tert-alkyl or cyclic N) is 1. The molecule has 3 fully saturated rings. The van der Waals surface area contributed by atoms with Crippen molar-refractivity contribution in [3.63, 3.8) is 0 Å². The third kappa shape index (κ3) is 8.36. The van der Waals surface area contributed by atoms with Crippen LogP contribution in [0.25, 0.3) is 33.4 Å². The Morgan fingerprint density at radius 1 is 1.18 bits per heavy atom. The molecular weight excluding hydrogens is 783 g/mol. The van der Waals surface area contributed by atoms with E-state index in [1.807, 2.05) is 32.2 Å². The number of hydrazine groups is 1. The van der Waals surface area contributed by atoms with Crippen molar-refractivity contribution in [2.75, 3.05) is 46.5 Å². The second-order valence-corrected chi connectivity index (χ2v) is 18.8. The first kappa shape index (κ1) is 42.4. The molecule has 1 unspecified atom stereocenters. The Morgan fingerprint density at radius 3 is 2.68 bits per heavy atom. The van der Waals surface area contributed by atoms with Gasteiger partial charge in [0.15, 0.2) is 0 Å². The Hall–Kier alpha value is -4.25. The van der Waals surface area contributed by atoms with Gasteiger partial charge in [-0.2, -0.15) is 0 Å². The molecule has 14 nitrogen and oxygen atoms in total. The lowest BCUT2D eigenvalue weighted by molar-refractivity contribution is -0.157. The van der Waals surface area contributed by atoms with Gasteiger partial charge in [-0.15, -0.1) is 11.3 Å². The van der Waals surface area contributed by atoms with Crippen LogP contribution in [0.15, 0.2) is 41.9 Å². The molecule has 3 N–H and O–H groups in total. The number of benzene rings is 1. The lowest BCUT2D eigenvalue weighted by Crippen LogP contribution is -2.61. The summed E-state index contributed by atoms with van der Waals surface area (Å²) in [5.74, 6) is -0.873. The molecule has 15 heteroatoms. The van der Waals surface area contributed by atoms with E-state index in [2.05, 4.69) is 65.2 Å². The van der Waals surface area contributed by atoms with Crippen molar-refractivity contribution in [2.45, 2.75) is 97.7 Å². The SMILES string of the molecule is CCn1c(-c2cccnc2[C@H](C)OC)c2c3cc(ccc31)-c1csc(n1)[C@@H](OCCN1CC(O)C1)[C@H](NC(=O)C1[C@@H](C)[C@H]1C)C(=O)N1CCC[C@H](N1)C(=O)OCC(C)(C)C2. The van der Waals surface area contributed by atoms with Crippen LogP contribution in [0.5, 0.6) is 0 Å². The minimum atomic E-state index is -1.13. The number of amides is 2. The molecular formula is C45H59N7O7S. The Bertz CT molecular complexity index is 2230. The molecule has 60 heavy (non-hydrogen) atoms. The average molecular weight is 842 g/mol. The van der Waals surface area contributed by atoms with Crippen molar-refractivity contribution >= 4 is 40.0 Å². The number of cyclic esters (lactones) is 1. The first-order valence-electron chi connectivity index (χ1n) is 21.4. The number of rotatable bonds is 10. The van der Waals surface area contributed by atoms with Crippen molar-refractivity contribution in [1.29, 1.82) is 0 Å². The van der Waals surface area contributed by atoms with Crippen LogP contribution in [-0.2, 0) is 41.6 Å². The number of likely N-dealkylation sites (tertiary alicyclic amines) is 1. The van der Waals surface area contributed by atoms with Crippen molar-refractivity contribution < 1.29 is 33.7 Å². The van der Waals surface area contributed by atoms with Gasteiger partial charge in [-0.3, -0.25) is 29.3 Å². The van der Waals surface area contributed by atoms with Crippen LogP contribution in [0.3, 0.4) is 0 Å². The van der Waals surface area contributed by atoms with Gasteiger partial charge < -0.3 is 29.2 Å². The fraction of sp³-hybridized carbons (Fsp3) is 0.578. The zero-order chi connectivity index (χ0) is 42.5. The number of nitrogens with zero attached hydrogens (tertiary/aromatic N) is 5.